The molecule has 2 aromatic carbocycles. The predicted molar refractivity (Wildman–Crippen MR) is 83.0 cm³/mol. The van der Waals surface area contributed by atoms with Crippen molar-refractivity contribution in [2.75, 3.05) is 0 Å². The molecule has 1 unspecified atom stereocenters. The maximum absolute atomic E-state index is 11.5. The van der Waals surface area contributed by atoms with Crippen LogP contribution in [0.25, 0.3) is 0 Å². The molecule has 2 aromatic rings. The molecule has 2 rings (SSSR count). The van der Waals surface area contributed by atoms with Crippen LogP contribution in [-0.2, 0) is 11.4 Å². The molecule has 0 aliphatic heterocycles. The first-order chi connectivity index (χ1) is 10.1. The van der Waals surface area contributed by atoms with Gasteiger partial charge in [0.1, 0.15) is 12.4 Å². The Balaban J connectivity index is 1.98. The third kappa shape index (κ3) is 4.21. The molecule has 0 heterocycles. The number of hydrogen-bond acceptors (Lipinski definition) is 3. The first kappa shape index (κ1) is 15.4. The molecule has 1 atom stereocenters. The number of benzene rings is 2. The smallest absolute Gasteiger partial charge is 0.241 e. The minimum Gasteiger partial charge on any atom is -0.489 e. The van der Waals surface area contributed by atoms with Crippen molar-refractivity contribution >= 4 is 17.5 Å². The van der Waals surface area contributed by atoms with Crippen LogP contribution in [0.1, 0.15) is 24.0 Å². The summed E-state index contributed by atoms with van der Waals surface area (Å²) in [6.45, 7) is 2.25. The van der Waals surface area contributed by atoms with Gasteiger partial charge in [-0.3, -0.25) is 10.2 Å². The minimum absolute atomic E-state index is 0.210. The van der Waals surface area contributed by atoms with Gasteiger partial charge < -0.3 is 4.74 Å². The Bertz CT molecular complexity index is 614. The molecule has 5 heteroatoms. The Morgan fingerprint density at radius 1 is 1.29 bits per heavy atom. The van der Waals surface area contributed by atoms with Crippen LogP contribution in [0.4, 0.5) is 0 Å². The van der Waals surface area contributed by atoms with E-state index in [4.69, 9.17) is 22.2 Å². The molecular weight excluding hydrogens is 288 g/mol. The van der Waals surface area contributed by atoms with Crippen molar-refractivity contribution in [3.8, 4) is 5.75 Å². The van der Waals surface area contributed by atoms with Gasteiger partial charge in [-0.05, 0) is 36.2 Å². The second-order valence-electron chi connectivity index (χ2n) is 4.72. The molecule has 0 aliphatic carbocycles. The number of hydrazine groups is 1. The van der Waals surface area contributed by atoms with Crippen molar-refractivity contribution in [3.05, 3.63) is 64.7 Å². The van der Waals surface area contributed by atoms with Crippen LogP contribution in [0.3, 0.4) is 0 Å². The quantitative estimate of drug-likeness (QED) is 0.507. The zero-order chi connectivity index (χ0) is 15.2. The Morgan fingerprint density at radius 3 is 2.62 bits per heavy atom. The third-order valence-electron chi connectivity index (χ3n) is 3.22. The molecule has 0 bridgehead atoms. The molecule has 110 valence electrons. The SMILES string of the molecule is CC(C(=O)NN)c1ccc(COc2cccc(Cl)c2)cc1. The highest BCUT2D eigenvalue weighted by Crippen LogP contribution is 2.20. The lowest BCUT2D eigenvalue weighted by molar-refractivity contribution is -0.122. The molecule has 0 radical (unpaired) electrons. The predicted octanol–water partition coefficient (Wildman–Crippen LogP) is 3.01. The number of nitrogens with two attached hydrogens (primary N) is 1. The van der Waals surface area contributed by atoms with Crippen molar-refractivity contribution in [1.29, 1.82) is 0 Å². The number of halogens is 1. The molecule has 0 aliphatic rings. The van der Waals surface area contributed by atoms with Crippen molar-refractivity contribution < 1.29 is 9.53 Å². The largest absolute Gasteiger partial charge is 0.489 e. The first-order valence-corrected chi connectivity index (χ1v) is 6.95. The summed E-state index contributed by atoms with van der Waals surface area (Å²) in [5, 5.41) is 0.643. The van der Waals surface area contributed by atoms with Gasteiger partial charge in [0.25, 0.3) is 0 Å². The molecule has 3 N–H and O–H groups in total. The maximum atomic E-state index is 11.5. The van der Waals surface area contributed by atoms with E-state index in [1.54, 1.807) is 19.1 Å². The van der Waals surface area contributed by atoms with E-state index in [1.165, 1.54) is 0 Å². The molecule has 0 saturated carbocycles. The summed E-state index contributed by atoms with van der Waals surface area (Å²) in [6.07, 6.45) is 0. The lowest BCUT2D eigenvalue weighted by atomic mass is 9.99. The van der Waals surface area contributed by atoms with Gasteiger partial charge in [0, 0.05) is 5.02 Å². The van der Waals surface area contributed by atoms with Gasteiger partial charge in [-0.25, -0.2) is 5.84 Å². The fourth-order valence-corrected chi connectivity index (χ4v) is 2.08. The number of carbonyl (C=O) groups excluding carboxylic acids is 1. The van der Waals surface area contributed by atoms with Crippen molar-refractivity contribution in [3.63, 3.8) is 0 Å². The molecule has 21 heavy (non-hydrogen) atoms. The molecule has 0 spiro atoms. The highest BCUT2D eigenvalue weighted by atomic mass is 35.5. The summed E-state index contributed by atoms with van der Waals surface area (Å²) in [5.74, 6) is 5.37. The standard InChI is InChI=1S/C16H17ClN2O2/c1-11(16(20)19-18)13-7-5-12(6-8-13)10-21-15-4-2-3-14(17)9-15/h2-9,11H,10,18H2,1H3,(H,19,20). The van der Waals surface area contributed by atoms with Crippen LogP contribution < -0.4 is 16.0 Å². The van der Waals surface area contributed by atoms with Gasteiger partial charge in [-0.2, -0.15) is 0 Å². The van der Waals surface area contributed by atoms with E-state index >= 15 is 0 Å². The average molecular weight is 305 g/mol. The highest BCUT2D eigenvalue weighted by molar-refractivity contribution is 6.30. The Morgan fingerprint density at radius 2 is 2.00 bits per heavy atom. The second-order valence-corrected chi connectivity index (χ2v) is 5.15. The number of ether oxygens (including phenoxy) is 1. The van der Waals surface area contributed by atoms with Crippen LogP contribution in [0.5, 0.6) is 5.75 Å². The maximum Gasteiger partial charge on any atom is 0.241 e. The van der Waals surface area contributed by atoms with Gasteiger partial charge in [-0.1, -0.05) is 41.9 Å². The van der Waals surface area contributed by atoms with Crippen molar-refractivity contribution in [1.82, 2.24) is 5.43 Å². The molecule has 1 amide bonds. The molecular formula is C16H17ClN2O2. The average Bonchev–Trinajstić information content (AvgIpc) is 2.52. The van der Waals surface area contributed by atoms with Gasteiger partial charge in [0.2, 0.25) is 5.91 Å². The third-order valence-corrected chi connectivity index (χ3v) is 3.45. The van der Waals surface area contributed by atoms with Crippen molar-refractivity contribution in [2.24, 2.45) is 5.84 Å². The van der Waals surface area contributed by atoms with E-state index in [9.17, 15) is 4.79 Å². The summed E-state index contributed by atoms with van der Waals surface area (Å²) in [5.41, 5.74) is 4.07. The fraction of sp³-hybridized carbons (Fsp3) is 0.188. The monoisotopic (exact) mass is 304 g/mol. The zero-order valence-electron chi connectivity index (χ0n) is 11.7. The summed E-state index contributed by atoms with van der Waals surface area (Å²) < 4.78 is 5.66. The van der Waals surface area contributed by atoms with E-state index in [0.29, 0.717) is 11.6 Å². The number of carbonyl (C=O) groups is 1. The lowest BCUT2D eigenvalue weighted by Gasteiger charge is -2.11. The van der Waals surface area contributed by atoms with Gasteiger partial charge in [0.05, 0.1) is 5.92 Å². The lowest BCUT2D eigenvalue weighted by Crippen LogP contribution is -2.33. The molecule has 0 aromatic heterocycles. The van der Waals surface area contributed by atoms with Crippen LogP contribution in [-0.4, -0.2) is 5.91 Å². The van der Waals surface area contributed by atoms with Crippen LogP contribution in [0.15, 0.2) is 48.5 Å². The van der Waals surface area contributed by atoms with E-state index in [-0.39, 0.29) is 11.8 Å². The summed E-state index contributed by atoms with van der Waals surface area (Å²) in [6, 6.07) is 14.9. The topological polar surface area (TPSA) is 64.4 Å². The Kier molecular flexibility index (Phi) is 5.20. The van der Waals surface area contributed by atoms with E-state index in [1.807, 2.05) is 36.4 Å². The second kappa shape index (κ2) is 7.11. The summed E-state index contributed by atoms with van der Waals surface area (Å²) >= 11 is 5.90. The molecule has 0 fully saturated rings. The highest BCUT2D eigenvalue weighted by Gasteiger charge is 2.13. The van der Waals surface area contributed by atoms with Gasteiger partial charge >= 0.3 is 0 Å². The normalized spacial score (nSPS) is 11.8. The first-order valence-electron chi connectivity index (χ1n) is 6.58. The molecule has 4 nitrogen and oxygen atoms in total. The number of rotatable bonds is 5. The molecule has 0 saturated heterocycles. The summed E-state index contributed by atoms with van der Waals surface area (Å²) in [7, 11) is 0. The number of nitrogens with one attached hydrogen (secondary N) is 1. The summed E-state index contributed by atoms with van der Waals surface area (Å²) in [4.78, 5) is 11.5. The number of hydrogen-bond donors (Lipinski definition) is 2. The Labute approximate surface area is 128 Å². The van der Waals surface area contributed by atoms with E-state index < -0.39 is 0 Å². The van der Waals surface area contributed by atoms with Gasteiger partial charge in [0.15, 0.2) is 0 Å². The van der Waals surface area contributed by atoms with Crippen LogP contribution in [0, 0.1) is 0 Å². The van der Waals surface area contributed by atoms with Crippen LogP contribution >= 0.6 is 11.6 Å². The fourth-order valence-electron chi connectivity index (χ4n) is 1.90. The van der Waals surface area contributed by atoms with Gasteiger partial charge in [-0.15, -0.1) is 0 Å². The van der Waals surface area contributed by atoms with Crippen molar-refractivity contribution in [2.45, 2.75) is 19.4 Å². The van der Waals surface area contributed by atoms with Crippen LogP contribution in [0.2, 0.25) is 5.02 Å². The zero-order valence-corrected chi connectivity index (χ0v) is 12.4. The van der Waals surface area contributed by atoms with E-state index in [2.05, 4.69) is 5.43 Å². The van der Waals surface area contributed by atoms with E-state index in [0.717, 1.165) is 16.9 Å². The minimum atomic E-state index is -0.280. The number of amides is 1. The Hall–Kier alpha value is -2.04.